The number of fused-ring (bicyclic) bond motifs is 1. The van der Waals surface area contributed by atoms with E-state index in [0.29, 0.717) is 6.61 Å². The number of aryl methyl sites for hydroxylation is 1. The van der Waals surface area contributed by atoms with Gasteiger partial charge in [-0.2, -0.15) is 0 Å². The van der Waals surface area contributed by atoms with E-state index in [4.69, 9.17) is 9.26 Å². The minimum atomic E-state index is 0. The van der Waals surface area contributed by atoms with Crippen LogP contribution in [0.4, 0.5) is 0 Å². The molecule has 0 spiro atoms. The van der Waals surface area contributed by atoms with Crippen LogP contribution < -0.4 is 4.74 Å². The summed E-state index contributed by atoms with van der Waals surface area (Å²) in [6, 6.07) is 4.27. The number of piperidine rings is 1. The minimum absolute atomic E-state index is 0. The Morgan fingerprint density at radius 2 is 1.85 bits per heavy atom. The predicted octanol–water partition coefficient (Wildman–Crippen LogP) is 4.94. The van der Waals surface area contributed by atoms with Gasteiger partial charge in [-0.3, -0.25) is 0 Å². The fraction of sp³-hybridized carbons (Fsp3) is 0.731. The number of benzene rings is 1. The molecule has 192 valence electrons. The fourth-order valence-corrected chi connectivity index (χ4v) is 5.16. The molecule has 3 fully saturated rings. The molecule has 1 aromatic heterocycles. The van der Waals surface area contributed by atoms with Crippen molar-refractivity contribution in [3.8, 4) is 5.75 Å². The molecule has 5 rings (SSSR count). The van der Waals surface area contributed by atoms with Crippen LogP contribution in [0.25, 0.3) is 11.0 Å². The van der Waals surface area contributed by atoms with E-state index >= 15 is 0 Å². The summed E-state index contributed by atoms with van der Waals surface area (Å²) in [6.07, 6.45) is 9.63. The van der Waals surface area contributed by atoms with Crippen LogP contribution in [0.2, 0.25) is 0 Å². The lowest BCUT2D eigenvalue weighted by molar-refractivity contribution is 0.115. The van der Waals surface area contributed by atoms with Crippen LogP contribution in [0, 0.1) is 17.3 Å². The third kappa shape index (κ3) is 6.58. The van der Waals surface area contributed by atoms with E-state index in [-0.39, 0.29) is 30.2 Å². The lowest BCUT2D eigenvalue weighted by atomic mass is 9.90. The van der Waals surface area contributed by atoms with Crippen molar-refractivity contribution in [1.29, 1.82) is 0 Å². The van der Waals surface area contributed by atoms with Crippen molar-refractivity contribution in [2.24, 2.45) is 17.3 Å². The zero-order valence-corrected chi connectivity index (χ0v) is 22.3. The highest BCUT2D eigenvalue weighted by molar-refractivity contribution is 5.86. The van der Waals surface area contributed by atoms with Crippen LogP contribution in [0.3, 0.4) is 0 Å². The Morgan fingerprint density at radius 1 is 1.12 bits per heavy atom. The summed E-state index contributed by atoms with van der Waals surface area (Å²) >= 11 is 0. The average Bonchev–Trinajstić information content (AvgIpc) is 3.72. The van der Waals surface area contributed by atoms with E-state index in [0.717, 1.165) is 65.9 Å². The fourth-order valence-electron chi connectivity index (χ4n) is 5.16. The molecule has 0 radical (unpaired) electrons. The Morgan fingerprint density at radius 3 is 2.47 bits per heavy atom. The van der Waals surface area contributed by atoms with Gasteiger partial charge in [0, 0.05) is 30.5 Å². The van der Waals surface area contributed by atoms with Crippen LogP contribution in [-0.4, -0.2) is 67.0 Å². The van der Waals surface area contributed by atoms with Crippen molar-refractivity contribution in [3.63, 3.8) is 0 Å². The molecule has 6 nitrogen and oxygen atoms in total. The molecular formula is C26H41Cl2N3O3. The molecule has 1 N–H and O–H groups in total. The molecule has 0 bridgehead atoms. The van der Waals surface area contributed by atoms with Gasteiger partial charge in [-0.15, -0.1) is 24.8 Å². The van der Waals surface area contributed by atoms with Gasteiger partial charge in [-0.05, 0) is 103 Å². The van der Waals surface area contributed by atoms with Crippen LogP contribution in [0.15, 0.2) is 16.7 Å². The summed E-state index contributed by atoms with van der Waals surface area (Å²) in [7, 11) is 4.16. The Bertz CT molecular complexity index is 919. The maximum absolute atomic E-state index is 9.60. The average molecular weight is 515 g/mol. The lowest BCUT2D eigenvalue weighted by Gasteiger charge is -2.34. The van der Waals surface area contributed by atoms with E-state index in [1.165, 1.54) is 58.0 Å². The first-order valence-electron chi connectivity index (χ1n) is 12.6. The van der Waals surface area contributed by atoms with Gasteiger partial charge in [0.15, 0.2) is 5.58 Å². The van der Waals surface area contributed by atoms with Crippen molar-refractivity contribution >= 4 is 35.8 Å². The van der Waals surface area contributed by atoms with E-state index in [1.54, 1.807) is 0 Å². The molecule has 1 saturated heterocycles. The molecule has 34 heavy (non-hydrogen) atoms. The smallest absolute Gasteiger partial charge is 0.175 e. The number of hydrogen-bond acceptors (Lipinski definition) is 6. The van der Waals surface area contributed by atoms with Gasteiger partial charge < -0.3 is 24.2 Å². The maximum atomic E-state index is 9.60. The van der Waals surface area contributed by atoms with E-state index in [2.05, 4.69) is 41.2 Å². The van der Waals surface area contributed by atoms with Crippen molar-refractivity contribution in [2.45, 2.75) is 57.9 Å². The van der Waals surface area contributed by atoms with Crippen LogP contribution in [0.1, 0.15) is 56.2 Å². The number of aliphatic hydroxyl groups excluding tert-OH is 1. The van der Waals surface area contributed by atoms with Gasteiger partial charge >= 0.3 is 0 Å². The Labute approximate surface area is 216 Å². The molecule has 2 heterocycles. The second kappa shape index (κ2) is 11.8. The van der Waals surface area contributed by atoms with Crippen molar-refractivity contribution < 1.29 is 14.4 Å². The van der Waals surface area contributed by atoms with Gasteiger partial charge in [0.2, 0.25) is 0 Å². The zero-order valence-electron chi connectivity index (χ0n) is 20.6. The number of likely N-dealkylation sites (tertiary alicyclic amines) is 1. The van der Waals surface area contributed by atoms with E-state index in [9.17, 15) is 5.11 Å². The molecule has 2 aliphatic carbocycles. The van der Waals surface area contributed by atoms with Crippen LogP contribution in [0.5, 0.6) is 5.75 Å². The summed E-state index contributed by atoms with van der Waals surface area (Å²) in [6.45, 7) is 5.38. The highest BCUT2D eigenvalue weighted by atomic mass is 35.5. The topological polar surface area (TPSA) is 62.0 Å². The van der Waals surface area contributed by atoms with E-state index < -0.39 is 0 Å². The first-order valence-corrected chi connectivity index (χ1v) is 12.6. The highest BCUT2D eigenvalue weighted by Crippen LogP contribution is 2.46. The lowest BCUT2D eigenvalue weighted by Crippen LogP contribution is -2.38. The molecule has 0 amide bonds. The number of nitrogens with zero attached hydrogens (tertiary/aromatic N) is 3. The minimum Gasteiger partial charge on any atom is -0.493 e. The number of ether oxygens (including phenoxy) is 1. The predicted molar refractivity (Wildman–Crippen MR) is 140 cm³/mol. The monoisotopic (exact) mass is 513 g/mol. The second-order valence-electron chi connectivity index (χ2n) is 11.0. The quantitative estimate of drug-likeness (QED) is 0.459. The van der Waals surface area contributed by atoms with Crippen molar-refractivity contribution in [2.75, 3.05) is 46.9 Å². The molecular weight excluding hydrogens is 473 g/mol. The summed E-state index contributed by atoms with van der Waals surface area (Å²) in [5, 5.41) is 15.2. The van der Waals surface area contributed by atoms with Gasteiger partial charge in [-0.1, -0.05) is 5.16 Å². The van der Waals surface area contributed by atoms with Gasteiger partial charge in [0.1, 0.15) is 5.75 Å². The summed E-state index contributed by atoms with van der Waals surface area (Å²) in [4.78, 5) is 4.74. The maximum Gasteiger partial charge on any atom is 0.175 e. The molecule has 0 unspecified atom stereocenters. The van der Waals surface area contributed by atoms with Crippen LogP contribution in [-0.2, 0) is 13.0 Å². The van der Waals surface area contributed by atoms with Crippen molar-refractivity contribution in [3.05, 3.63) is 23.4 Å². The number of halogens is 2. The first kappa shape index (κ1) is 27.5. The molecule has 8 heteroatoms. The second-order valence-corrected chi connectivity index (χ2v) is 11.0. The van der Waals surface area contributed by atoms with Gasteiger partial charge in [0.05, 0.1) is 17.9 Å². The number of rotatable bonds is 11. The summed E-state index contributed by atoms with van der Waals surface area (Å²) < 4.78 is 12.0. The molecule has 2 aromatic rings. The molecule has 2 saturated carbocycles. The molecule has 1 aromatic carbocycles. The first-order chi connectivity index (χ1) is 15.5. The molecule has 1 aliphatic heterocycles. The molecule has 3 aliphatic rings. The standard InChI is InChI=1S/C26H39N3O3.2ClH/c1-28(2)15-22-24(31-16-20-3-4-20)8-6-21-23(27-32-25(21)22)7-5-19-9-13-29(14-10-19)17-26(18-30)11-12-26;;/h6,8,19-20,30H,3-5,7,9-18H2,1-2H3;2*1H. The van der Waals surface area contributed by atoms with E-state index in [1.807, 2.05) is 0 Å². The third-order valence-corrected chi connectivity index (χ3v) is 7.77. The summed E-state index contributed by atoms with van der Waals surface area (Å²) in [5.74, 6) is 2.43. The normalized spacial score (nSPS) is 20.2. The SMILES string of the molecule is CN(C)Cc1c(OCC2CC2)ccc2c(CCC3CCN(CC4(CO)CC4)CC3)noc12.Cl.Cl. The highest BCUT2D eigenvalue weighted by Gasteiger charge is 2.43. The summed E-state index contributed by atoms with van der Waals surface area (Å²) in [5.41, 5.74) is 3.35. The number of aromatic nitrogens is 1. The Kier molecular flexibility index (Phi) is 9.55. The Hall–Kier alpha value is -1.05. The molecule has 0 atom stereocenters. The Balaban J connectivity index is 0.00000162. The number of aliphatic hydroxyl groups is 1. The van der Waals surface area contributed by atoms with Crippen molar-refractivity contribution in [1.82, 2.24) is 15.0 Å². The number of hydrogen-bond donors (Lipinski definition) is 1. The third-order valence-electron chi connectivity index (χ3n) is 7.77. The largest absolute Gasteiger partial charge is 0.493 e. The van der Waals surface area contributed by atoms with Gasteiger partial charge in [-0.25, -0.2) is 0 Å². The van der Waals surface area contributed by atoms with Crippen LogP contribution >= 0.6 is 24.8 Å². The van der Waals surface area contributed by atoms with Gasteiger partial charge in [0.25, 0.3) is 0 Å². The zero-order chi connectivity index (χ0) is 22.1.